The predicted molar refractivity (Wildman–Crippen MR) is 123 cm³/mol. The Bertz CT molecular complexity index is 730. The van der Waals surface area contributed by atoms with Gasteiger partial charge >= 0.3 is 0 Å². The summed E-state index contributed by atoms with van der Waals surface area (Å²) < 4.78 is 5.42. The van der Waals surface area contributed by atoms with Crippen LogP contribution in [0.2, 0.25) is 0 Å². The van der Waals surface area contributed by atoms with Gasteiger partial charge in [0.2, 0.25) is 0 Å². The summed E-state index contributed by atoms with van der Waals surface area (Å²) in [4.78, 5) is 10.4. The van der Waals surface area contributed by atoms with Gasteiger partial charge < -0.3 is 20.5 Å². The number of rotatable bonds is 8. The summed E-state index contributed by atoms with van der Waals surface area (Å²) in [5.74, 6) is 1.41. The van der Waals surface area contributed by atoms with E-state index in [0.29, 0.717) is 18.9 Å². The number of aromatic nitrogens is 1. The Morgan fingerprint density at radius 3 is 2.67 bits per heavy atom. The fourth-order valence-corrected chi connectivity index (χ4v) is 3.31. The molecule has 0 bridgehead atoms. The number of ether oxygens (including phenoxy) is 1. The topological polar surface area (TPSA) is 78.8 Å². The zero-order valence-corrected chi connectivity index (χ0v) is 19.5. The van der Waals surface area contributed by atoms with Gasteiger partial charge in [0.25, 0.3) is 0 Å². The number of benzene rings is 1. The molecular formula is C19H29IN4O2S. The number of halogens is 1. The van der Waals surface area contributed by atoms with Crippen LogP contribution in [0.4, 0.5) is 0 Å². The monoisotopic (exact) mass is 504 g/mol. The van der Waals surface area contributed by atoms with Gasteiger partial charge in [-0.15, -0.1) is 35.3 Å². The molecule has 27 heavy (non-hydrogen) atoms. The predicted octanol–water partition coefficient (Wildman–Crippen LogP) is 3.78. The van der Waals surface area contributed by atoms with Crippen LogP contribution in [-0.2, 0) is 13.0 Å². The third kappa shape index (κ3) is 7.53. The lowest BCUT2D eigenvalue weighted by Crippen LogP contribution is -2.38. The highest BCUT2D eigenvalue weighted by Crippen LogP contribution is 2.27. The maximum Gasteiger partial charge on any atom is 0.191 e. The van der Waals surface area contributed by atoms with Crippen molar-refractivity contribution in [2.45, 2.75) is 40.7 Å². The van der Waals surface area contributed by atoms with Crippen LogP contribution < -0.4 is 15.4 Å². The first-order valence-electron chi connectivity index (χ1n) is 8.93. The van der Waals surface area contributed by atoms with Gasteiger partial charge in [-0.2, -0.15) is 0 Å². The van der Waals surface area contributed by atoms with Crippen molar-refractivity contribution in [3.63, 3.8) is 0 Å². The SMILES string of the molecule is CCNC(=NCc1ccc(O)c(OCC)c1)NCCc1nc(C)c(C)s1.I. The number of aryl methyl sites for hydroxylation is 2. The van der Waals surface area contributed by atoms with Crippen LogP contribution in [0.5, 0.6) is 11.5 Å². The van der Waals surface area contributed by atoms with Crippen molar-refractivity contribution in [2.24, 2.45) is 4.99 Å². The lowest BCUT2D eigenvalue weighted by Gasteiger charge is -2.11. The molecule has 0 aliphatic rings. The molecule has 2 rings (SSSR count). The minimum atomic E-state index is 0. The van der Waals surface area contributed by atoms with Crippen LogP contribution in [0.25, 0.3) is 0 Å². The molecule has 8 heteroatoms. The minimum absolute atomic E-state index is 0. The first kappa shape index (κ1) is 23.5. The lowest BCUT2D eigenvalue weighted by molar-refractivity contribution is 0.318. The van der Waals surface area contributed by atoms with Gasteiger partial charge in [0.05, 0.1) is 23.9 Å². The fourth-order valence-electron chi connectivity index (χ4n) is 2.37. The summed E-state index contributed by atoms with van der Waals surface area (Å²) >= 11 is 1.75. The number of nitrogens with one attached hydrogen (secondary N) is 2. The number of aliphatic imine (C=N–C) groups is 1. The molecule has 0 unspecified atom stereocenters. The number of phenolic OH excluding ortho intramolecular Hbond substituents is 1. The van der Waals surface area contributed by atoms with Crippen molar-refractivity contribution in [3.05, 3.63) is 39.3 Å². The van der Waals surface area contributed by atoms with E-state index in [1.54, 1.807) is 17.4 Å². The van der Waals surface area contributed by atoms with E-state index in [1.807, 2.05) is 32.9 Å². The Morgan fingerprint density at radius 1 is 1.26 bits per heavy atom. The quantitative estimate of drug-likeness (QED) is 0.290. The number of hydrogen-bond acceptors (Lipinski definition) is 5. The Kier molecular flexibility index (Phi) is 10.5. The van der Waals surface area contributed by atoms with E-state index in [2.05, 4.69) is 27.5 Å². The number of thiazole rings is 1. The number of hydrogen-bond donors (Lipinski definition) is 3. The zero-order valence-electron chi connectivity index (χ0n) is 16.3. The van der Waals surface area contributed by atoms with Crippen LogP contribution in [0.1, 0.15) is 35.0 Å². The molecule has 0 saturated heterocycles. The summed E-state index contributed by atoms with van der Waals surface area (Å²) in [6, 6.07) is 5.32. The molecule has 0 radical (unpaired) electrons. The zero-order chi connectivity index (χ0) is 18.9. The average Bonchev–Trinajstić information content (AvgIpc) is 2.93. The van der Waals surface area contributed by atoms with E-state index in [-0.39, 0.29) is 29.7 Å². The maximum absolute atomic E-state index is 9.78. The standard InChI is InChI=1S/C19H28N4O2S.HI/c1-5-20-19(21-10-9-18-23-13(3)14(4)26-18)22-12-15-7-8-16(24)17(11-15)25-6-2;/h7-8,11,24H,5-6,9-10,12H2,1-4H3,(H2,20,21,22);1H. The molecule has 150 valence electrons. The molecular weight excluding hydrogens is 475 g/mol. The summed E-state index contributed by atoms with van der Waals surface area (Å²) in [7, 11) is 0. The molecule has 2 aromatic rings. The Hall–Kier alpha value is -1.55. The molecule has 0 fully saturated rings. The van der Waals surface area contributed by atoms with E-state index in [9.17, 15) is 5.11 Å². The normalized spacial score (nSPS) is 11.0. The fraction of sp³-hybridized carbons (Fsp3) is 0.474. The van der Waals surface area contributed by atoms with Crippen LogP contribution in [0.15, 0.2) is 23.2 Å². The average molecular weight is 504 g/mol. The molecule has 0 saturated carbocycles. The van der Waals surface area contributed by atoms with Gasteiger partial charge in [-0.1, -0.05) is 6.07 Å². The van der Waals surface area contributed by atoms with Crippen molar-refractivity contribution in [3.8, 4) is 11.5 Å². The Balaban J connectivity index is 0.00000364. The van der Waals surface area contributed by atoms with Gasteiger partial charge in [-0.3, -0.25) is 0 Å². The van der Waals surface area contributed by atoms with Crippen LogP contribution in [-0.4, -0.2) is 35.7 Å². The third-order valence-electron chi connectivity index (χ3n) is 3.79. The van der Waals surface area contributed by atoms with Crippen LogP contribution in [0, 0.1) is 13.8 Å². The Labute approximate surface area is 182 Å². The second-order valence-corrected chi connectivity index (χ2v) is 7.14. The van der Waals surface area contributed by atoms with Crippen LogP contribution >= 0.6 is 35.3 Å². The lowest BCUT2D eigenvalue weighted by atomic mass is 10.2. The van der Waals surface area contributed by atoms with E-state index >= 15 is 0 Å². The van der Waals surface area contributed by atoms with Crippen LogP contribution in [0.3, 0.4) is 0 Å². The highest BCUT2D eigenvalue weighted by atomic mass is 127. The van der Waals surface area contributed by atoms with Crippen molar-refractivity contribution in [1.82, 2.24) is 15.6 Å². The number of aromatic hydroxyl groups is 1. The highest BCUT2D eigenvalue weighted by molar-refractivity contribution is 14.0. The molecule has 0 spiro atoms. The van der Waals surface area contributed by atoms with E-state index in [4.69, 9.17) is 4.74 Å². The minimum Gasteiger partial charge on any atom is -0.504 e. The van der Waals surface area contributed by atoms with Crippen molar-refractivity contribution in [2.75, 3.05) is 19.7 Å². The number of phenols is 1. The molecule has 1 aromatic carbocycles. The summed E-state index contributed by atoms with van der Waals surface area (Å²) in [6.07, 6.45) is 0.872. The van der Waals surface area contributed by atoms with E-state index < -0.39 is 0 Å². The number of guanidine groups is 1. The summed E-state index contributed by atoms with van der Waals surface area (Å²) in [5, 5.41) is 17.5. The van der Waals surface area contributed by atoms with Crippen molar-refractivity contribution >= 4 is 41.3 Å². The van der Waals surface area contributed by atoms with Gasteiger partial charge in [0, 0.05) is 24.4 Å². The highest BCUT2D eigenvalue weighted by Gasteiger charge is 2.06. The van der Waals surface area contributed by atoms with E-state index in [1.165, 1.54) is 4.88 Å². The van der Waals surface area contributed by atoms with Gasteiger partial charge in [0.1, 0.15) is 0 Å². The molecule has 0 aliphatic heterocycles. The maximum atomic E-state index is 9.78. The van der Waals surface area contributed by atoms with Gasteiger partial charge in [-0.05, 0) is 45.4 Å². The first-order valence-corrected chi connectivity index (χ1v) is 9.74. The van der Waals surface area contributed by atoms with Crippen molar-refractivity contribution in [1.29, 1.82) is 0 Å². The largest absolute Gasteiger partial charge is 0.504 e. The molecule has 1 aromatic heterocycles. The Morgan fingerprint density at radius 2 is 2.04 bits per heavy atom. The third-order valence-corrected chi connectivity index (χ3v) is 4.92. The molecule has 0 atom stereocenters. The molecule has 3 N–H and O–H groups in total. The first-order chi connectivity index (χ1) is 12.5. The van der Waals surface area contributed by atoms with Gasteiger partial charge in [-0.25, -0.2) is 9.98 Å². The van der Waals surface area contributed by atoms with E-state index in [0.717, 1.165) is 41.7 Å². The van der Waals surface area contributed by atoms with Crippen molar-refractivity contribution < 1.29 is 9.84 Å². The smallest absolute Gasteiger partial charge is 0.191 e. The number of nitrogens with zero attached hydrogens (tertiary/aromatic N) is 2. The summed E-state index contributed by atoms with van der Waals surface area (Å²) in [6.45, 7) is 10.7. The molecule has 6 nitrogen and oxygen atoms in total. The molecule has 0 amide bonds. The second kappa shape index (κ2) is 12.0. The second-order valence-electron chi connectivity index (χ2n) is 5.86. The molecule has 0 aliphatic carbocycles. The van der Waals surface area contributed by atoms with Gasteiger partial charge in [0.15, 0.2) is 17.5 Å². The molecule has 1 heterocycles. The summed E-state index contributed by atoms with van der Waals surface area (Å²) in [5.41, 5.74) is 2.10.